The molecule has 3 atom stereocenters. The normalized spacial score (nSPS) is 25.3. The second kappa shape index (κ2) is 6.40. The minimum absolute atomic E-state index is 0.0542. The van der Waals surface area contributed by atoms with Crippen molar-refractivity contribution >= 4 is 0 Å². The van der Waals surface area contributed by atoms with Gasteiger partial charge >= 0.3 is 0 Å². The second-order valence-electron chi connectivity index (χ2n) is 5.82. The van der Waals surface area contributed by atoms with Crippen LogP contribution in [0.25, 0.3) is 0 Å². The van der Waals surface area contributed by atoms with Gasteiger partial charge in [0.1, 0.15) is 5.75 Å². The number of ether oxygens (including phenoxy) is 1. The molecule has 2 rings (SSSR count). The molecule has 1 aliphatic carbocycles. The Morgan fingerprint density at radius 1 is 1.16 bits per heavy atom. The molecule has 1 aromatic rings. The van der Waals surface area contributed by atoms with Crippen LogP contribution in [0.15, 0.2) is 24.3 Å². The summed E-state index contributed by atoms with van der Waals surface area (Å²) < 4.78 is 5.78. The molecule has 0 bridgehead atoms. The lowest BCUT2D eigenvalue weighted by atomic mass is 9.85. The predicted octanol–water partition coefficient (Wildman–Crippen LogP) is 3.02. The summed E-state index contributed by atoms with van der Waals surface area (Å²) in [4.78, 5) is 0. The zero-order chi connectivity index (χ0) is 13.8. The van der Waals surface area contributed by atoms with E-state index in [1.165, 1.54) is 5.56 Å². The largest absolute Gasteiger partial charge is 0.475 e. The van der Waals surface area contributed by atoms with Crippen LogP contribution < -0.4 is 10.5 Å². The molecule has 3 heteroatoms. The van der Waals surface area contributed by atoms with Crippen molar-refractivity contribution in [2.75, 3.05) is 0 Å². The highest BCUT2D eigenvalue weighted by atomic mass is 16.5. The maximum atomic E-state index is 9.97. The third-order valence-corrected chi connectivity index (χ3v) is 4.02. The van der Waals surface area contributed by atoms with Crippen LogP contribution in [0.2, 0.25) is 0 Å². The molecule has 1 fully saturated rings. The van der Waals surface area contributed by atoms with Crippen LogP contribution in [0.3, 0.4) is 0 Å². The van der Waals surface area contributed by atoms with E-state index < -0.39 is 6.23 Å². The molecule has 0 heterocycles. The average molecular weight is 263 g/mol. The number of aliphatic hydroxyl groups excluding tert-OH is 1. The standard InChI is InChI=1S/C16H25NO2/c1-11(2)12-7-9-13(10-8-12)19-16(17)14-5-3-4-6-15(14)18/h7-11,14-16,18H,3-6,17H2,1-2H3. The Kier molecular flexibility index (Phi) is 4.83. The van der Waals surface area contributed by atoms with Crippen LogP contribution in [0, 0.1) is 5.92 Å². The van der Waals surface area contributed by atoms with Crippen molar-refractivity contribution in [1.29, 1.82) is 0 Å². The Bertz CT molecular complexity index is 388. The maximum absolute atomic E-state index is 9.97. The number of nitrogens with two attached hydrogens (primary N) is 1. The fourth-order valence-corrected chi connectivity index (χ4v) is 2.70. The quantitative estimate of drug-likeness (QED) is 0.821. The third kappa shape index (κ3) is 3.71. The molecule has 0 aliphatic heterocycles. The SMILES string of the molecule is CC(C)c1ccc(OC(N)C2CCCCC2O)cc1. The molecule has 3 unspecified atom stereocenters. The van der Waals surface area contributed by atoms with Crippen LogP contribution in [-0.2, 0) is 0 Å². The van der Waals surface area contributed by atoms with Crippen LogP contribution in [-0.4, -0.2) is 17.4 Å². The molecule has 0 aromatic heterocycles. The van der Waals surface area contributed by atoms with Crippen molar-refractivity contribution in [3.63, 3.8) is 0 Å². The summed E-state index contributed by atoms with van der Waals surface area (Å²) in [5.41, 5.74) is 7.38. The summed E-state index contributed by atoms with van der Waals surface area (Å²) in [6.07, 6.45) is 3.28. The van der Waals surface area contributed by atoms with E-state index in [4.69, 9.17) is 10.5 Å². The molecule has 0 radical (unpaired) electrons. The van der Waals surface area contributed by atoms with Gasteiger partial charge in [-0.2, -0.15) is 0 Å². The summed E-state index contributed by atoms with van der Waals surface area (Å²) in [6.45, 7) is 4.33. The van der Waals surface area contributed by atoms with Crippen LogP contribution in [0.4, 0.5) is 0 Å². The first-order valence-electron chi connectivity index (χ1n) is 7.28. The number of benzene rings is 1. The zero-order valence-corrected chi connectivity index (χ0v) is 11.9. The van der Waals surface area contributed by atoms with Gasteiger partial charge in [0.2, 0.25) is 0 Å². The Labute approximate surface area is 115 Å². The maximum Gasteiger partial charge on any atom is 0.153 e. The molecular weight excluding hydrogens is 238 g/mol. The number of aliphatic hydroxyl groups is 1. The molecule has 0 saturated heterocycles. The molecule has 1 aromatic carbocycles. The fraction of sp³-hybridized carbons (Fsp3) is 0.625. The Hall–Kier alpha value is -1.06. The van der Waals surface area contributed by atoms with Gasteiger partial charge in [0.25, 0.3) is 0 Å². The van der Waals surface area contributed by atoms with Gasteiger partial charge in [0, 0.05) is 5.92 Å². The topological polar surface area (TPSA) is 55.5 Å². The van der Waals surface area contributed by atoms with E-state index in [9.17, 15) is 5.11 Å². The smallest absolute Gasteiger partial charge is 0.153 e. The van der Waals surface area contributed by atoms with E-state index in [2.05, 4.69) is 26.0 Å². The van der Waals surface area contributed by atoms with Gasteiger partial charge in [-0.05, 0) is 36.5 Å². The Balaban J connectivity index is 1.96. The second-order valence-corrected chi connectivity index (χ2v) is 5.82. The molecule has 1 aliphatic rings. The van der Waals surface area contributed by atoms with Crippen molar-refractivity contribution < 1.29 is 9.84 Å². The molecular formula is C16H25NO2. The predicted molar refractivity (Wildman–Crippen MR) is 77.1 cm³/mol. The fourth-order valence-electron chi connectivity index (χ4n) is 2.70. The number of hydrogen-bond acceptors (Lipinski definition) is 3. The van der Waals surface area contributed by atoms with E-state index in [1.54, 1.807) is 0 Å². The highest BCUT2D eigenvalue weighted by Crippen LogP contribution is 2.28. The minimum Gasteiger partial charge on any atom is -0.475 e. The first-order valence-corrected chi connectivity index (χ1v) is 7.28. The average Bonchev–Trinajstić information content (AvgIpc) is 2.39. The lowest BCUT2D eigenvalue weighted by molar-refractivity contribution is 0.00181. The number of hydrogen-bond donors (Lipinski definition) is 2. The monoisotopic (exact) mass is 263 g/mol. The van der Waals surface area contributed by atoms with E-state index >= 15 is 0 Å². The Morgan fingerprint density at radius 2 is 1.79 bits per heavy atom. The van der Waals surface area contributed by atoms with E-state index in [0.717, 1.165) is 31.4 Å². The summed E-state index contributed by atoms with van der Waals surface area (Å²) in [5, 5.41) is 9.97. The van der Waals surface area contributed by atoms with Gasteiger partial charge in [0.15, 0.2) is 6.23 Å². The summed E-state index contributed by atoms with van der Waals surface area (Å²) in [6, 6.07) is 8.07. The lowest BCUT2D eigenvalue weighted by Crippen LogP contribution is -2.43. The highest BCUT2D eigenvalue weighted by Gasteiger charge is 2.29. The third-order valence-electron chi connectivity index (χ3n) is 4.02. The number of rotatable bonds is 4. The molecule has 3 N–H and O–H groups in total. The minimum atomic E-state index is -0.416. The summed E-state index contributed by atoms with van der Waals surface area (Å²) in [5.74, 6) is 1.36. The molecule has 3 nitrogen and oxygen atoms in total. The van der Waals surface area contributed by atoms with Gasteiger partial charge < -0.3 is 9.84 Å². The van der Waals surface area contributed by atoms with E-state index in [0.29, 0.717) is 5.92 Å². The van der Waals surface area contributed by atoms with Gasteiger partial charge in [0.05, 0.1) is 6.10 Å². The molecule has 106 valence electrons. The van der Waals surface area contributed by atoms with E-state index in [1.807, 2.05) is 12.1 Å². The summed E-state index contributed by atoms with van der Waals surface area (Å²) >= 11 is 0. The molecule has 0 amide bonds. The molecule has 1 saturated carbocycles. The first kappa shape index (κ1) is 14.4. The van der Waals surface area contributed by atoms with Gasteiger partial charge in [-0.15, -0.1) is 0 Å². The van der Waals surface area contributed by atoms with Crippen LogP contribution in [0.5, 0.6) is 5.75 Å². The molecule has 0 spiro atoms. The van der Waals surface area contributed by atoms with Crippen molar-refractivity contribution in [2.24, 2.45) is 11.7 Å². The lowest BCUT2D eigenvalue weighted by Gasteiger charge is -2.32. The van der Waals surface area contributed by atoms with Crippen LogP contribution >= 0.6 is 0 Å². The summed E-state index contributed by atoms with van der Waals surface area (Å²) in [7, 11) is 0. The first-order chi connectivity index (χ1) is 9.08. The van der Waals surface area contributed by atoms with Gasteiger partial charge in [-0.1, -0.05) is 38.8 Å². The van der Waals surface area contributed by atoms with Crippen LogP contribution in [0.1, 0.15) is 51.0 Å². The zero-order valence-electron chi connectivity index (χ0n) is 11.9. The highest BCUT2D eigenvalue weighted by molar-refractivity contribution is 5.29. The van der Waals surface area contributed by atoms with E-state index in [-0.39, 0.29) is 12.0 Å². The van der Waals surface area contributed by atoms with Crippen molar-refractivity contribution in [1.82, 2.24) is 0 Å². The molecule has 19 heavy (non-hydrogen) atoms. The Morgan fingerprint density at radius 3 is 2.37 bits per heavy atom. The van der Waals surface area contributed by atoms with Gasteiger partial charge in [-0.3, -0.25) is 5.73 Å². The van der Waals surface area contributed by atoms with Crippen molar-refractivity contribution in [3.8, 4) is 5.75 Å². The van der Waals surface area contributed by atoms with Crippen molar-refractivity contribution in [2.45, 2.75) is 57.8 Å². The van der Waals surface area contributed by atoms with Crippen molar-refractivity contribution in [3.05, 3.63) is 29.8 Å². The van der Waals surface area contributed by atoms with Gasteiger partial charge in [-0.25, -0.2) is 0 Å².